The molecule has 3 amide bonds. The summed E-state index contributed by atoms with van der Waals surface area (Å²) in [5.74, 6) is -0.632. The van der Waals surface area contributed by atoms with E-state index in [9.17, 15) is 14.4 Å². The number of aryl methyl sites for hydroxylation is 2. The standard InChI is InChI=1S/C21H28N2O3/c1-14-7-8-17(11-15(14)2)16(3)22-18(24)13-23-19(25)12-21(20(23)26)9-5-4-6-10-21/h7-8,11,16H,4-6,9-10,12-13H2,1-3H3,(H,22,24). The maximum Gasteiger partial charge on any atom is 0.240 e. The first-order valence-corrected chi connectivity index (χ1v) is 9.54. The number of nitrogens with one attached hydrogen (secondary N) is 1. The molecule has 1 aliphatic carbocycles. The van der Waals surface area contributed by atoms with Crippen LogP contribution in [-0.4, -0.2) is 29.2 Å². The maximum absolute atomic E-state index is 12.8. The van der Waals surface area contributed by atoms with Gasteiger partial charge in [-0.15, -0.1) is 0 Å². The number of imide groups is 1. The minimum absolute atomic E-state index is 0.142. The van der Waals surface area contributed by atoms with Crippen LogP contribution >= 0.6 is 0 Å². The number of amides is 3. The van der Waals surface area contributed by atoms with Gasteiger partial charge >= 0.3 is 0 Å². The van der Waals surface area contributed by atoms with Gasteiger partial charge in [-0.2, -0.15) is 0 Å². The van der Waals surface area contributed by atoms with Crippen molar-refractivity contribution in [2.75, 3.05) is 6.54 Å². The number of nitrogens with zero attached hydrogens (tertiary/aromatic N) is 1. The lowest BCUT2D eigenvalue weighted by Crippen LogP contribution is -2.43. The fourth-order valence-electron chi connectivity index (χ4n) is 4.19. The number of carbonyl (C=O) groups is 3. The van der Waals surface area contributed by atoms with Gasteiger partial charge in [0.1, 0.15) is 6.54 Å². The molecular weight excluding hydrogens is 328 g/mol. The number of carbonyl (C=O) groups excluding carboxylic acids is 3. The fraction of sp³-hybridized carbons (Fsp3) is 0.571. The highest BCUT2D eigenvalue weighted by Gasteiger charge is 2.51. The van der Waals surface area contributed by atoms with Gasteiger partial charge in [-0.3, -0.25) is 19.3 Å². The molecule has 1 aliphatic heterocycles. The van der Waals surface area contributed by atoms with Gasteiger partial charge < -0.3 is 5.32 Å². The summed E-state index contributed by atoms with van der Waals surface area (Å²) < 4.78 is 0. The second-order valence-electron chi connectivity index (χ2n) is 7.94. The molecule has 2 fully saturated rings. The second kappa shape index (κ2) is 7.22. The Labute approximate surface area is 155 Å². The van der Waals surface area contributed by atoms with E-state index in [0.29, 0.717) is 0 Å². The van der Waals surface area contributed by atoms with Crippen molar-refractivity contribution in [3.05, 3.63) is 34.9 Å². The molecule has 1 heterocycles. The highest BCUT2D eigenvalue weighted by Crippen LogP contribution is 2.45. The van der Waals surface area contributed by atoms with Crippen LogP contribution in [0.15, 0.2) is 18.2 Å². The molecule has 1 aromatic rings. The van der Waals surface area contributed by atoms with Gasteiger partial charge in [0.2, 0.25) is 17.7 Å². The van der Waals surface area contributed by atoms with Crippen LogP contribution in [0.2, 0.25) is 0 Å². The predicted molar refractivity (Wildman–Crippen MR) is 99.3 cm³/mol. The van der Waals surface area contributed by atoms with Gasteiger partial charge in [0, 0.05) is 6.42 Å². The first-order chi connectivity index (χ1) is 12.3. The Kier molecular flexibility index (Phi) is 5.17. The van der Waals surface area contributed by atoms with E-state index in [4.69, 9.17) is 0 Å². The van der Waals surface area contributed by atoms with E-state index in [1.54, 1.807) is 0 Å². The molecule has 3 rings (SSSR count). The maximum atomic E-state index is 12.8. The Balaban J connectivity index is 1.63. The molecule has 2 aliphatic rings. The summed E-state index contributed by atoms with van der Waals surface area (Å²) >= 11 is 0. The molecule has 1 N–H and O–H groups in total. The lowest BCUT2D eigenvalue weighted by Gasteiger charge is -2.30. The van der Waals surface area contributed by atoms with Gasteiger partial charge in [-0.25, -0.2) is 0 Å². The highest BCUT2D eigenvalue weighted by molar-refractivity contribution is 6.08. The highest BCUT2D eigenvalue weighted by atomic mass is 16.2. The van der Waals surface area contributed by atoms with Crippen LogP contribution in [0.5, 0.6) is 0 Å². The topological polar surface area (TPSA) is 66.5 Å². The summed E-state index contributed by atoms with van der Waals surface area (Å²) in [6.45, 7) is 5.83. The Bertz CT molecular complexity index is 735. The Morgan fingerprint density at radius 3 is 2.50 bits per heavy atom. The van der Waals surface area contributed by atoms with Crippen molar-refractivity contribution in [1.29, 1.82) is 0 Å². The van der Waals surface area contributed by atoms with Crippen LogP contribution in [-0.2, 0) is 14.4 Å². The molecule has 5 heteroatoms. The molecule has 1 unspecified atom stereocenters. The first-order valence-electron chi connectivity index (χ1n) is 9.54. The molecule has 1 saturated carbocycles. The van der Waals surface area contributed by atoms with Gasteiger partial charge in [0.15, 0.2) is 0 Å². The van der Waals surface area contributed by atoms with Crippen molar-refractivity contribution >= 4 is 17.7 Å². The molecule has 140 valence electrons. The summed E-state index contributed by atoms with van der Waals surface area (Å²) in [4.78, 5) is 38.8. The van der Waals surface area contributed by atoms with E-state index in [0.717, 1.165) is 37.7 Å². The zero-order valence-electron chi connectivity index (χ0n) is 15.9. The number of benzene rings is 1. The number of hydrogen-bond donors (Lipinski definition) is 1. The third-order valence-corrected chi connectivity index (χ3v) is 6.01. The zero-order chi connectivity index (χ0) is 18.9. The number of hydrogen-bond acceptors (Lipinski definition) is 3. The molecule has 0 aromatic heterocycles. The average molecular weight is 356 g/mol. The van der Waals surface area contributed by atoms with Crippen molar-refractivity contribution in [2.45, 2.75) is 65.3 Å². The van der Waals surface area contributed by atoms with Gasteiger partial charge in [0.05, 0.1) is 11.5 Å². The smallest absolute Gasteiger partial charge is 0.240 e. The van der Waals surface area contributed by atoms with Gasteiger partial charge in [0.25, 0.3) is 0 Å². The van der Waals surface area contributed by atoms with Crippen molar-refractivity contribution in [1.82, 2.24) is 10.2 Å². The Morgan fingerprint density at radius 2 is 1.85 bits per heavy atom. The van der Waals surface area contributed by atoms with Crippen molar-refractivity contribution in [3.63, 3.8) is 0 Å². The summed E-state index contributed by atoms with van der Waals surface area (Å²) in [5.41, 5.74) is 2.87. The molecule has 5 nitrogen and oxygen atoms in total. The van der Waals surface area contributed by atoms with E-state index >= 15 is 0 Å². The van der Waals surface area contributed by atoms with Gasteiger partial charge in [-0.1, -0.05) is 37.5 Å². The van der Waals surface area contributed by atoms with E-state index in [1.165, 1.54) is 16.0 Å². The minimum atomic E-state index is -0.532. The molecular formula is C21H28N2O3. The van der Waals surface area contributed by atoms with E-state index in [-0.39, 0.29) is 36.7 Å². The molecule has 1 spiro atoms. The normalized spacial score (nSPS) is 20.5. The van der Waals surface area contributed by atoms with Crippen molar-refractivity contribution < 1.29 is 14.4 Å². The summed E-state index contributed by atoms with van der Waals surface area (Å²) in [6, 6.07) is 5.92. The van der Waals surface area contributed by atoms with Crippen LogP contribution < -0.4 is 5.32 Å². The van der Waals surface area contributed by atoms with Crippen LogP contribution in [0.1, 0.15) is 68.2 Å². The molecule has 1 saturated heterocycles. The fourth-order valence-corrected chi connectivity index (χ4v) is 4.19. The first kappa shape index (κ1) is 18.6. The molecule has 0 bridgehead atoms. The quantitative estimate of drug-likeness (QED) is 0.843. The van der Waals surface area contributed by atoms with E-state index in [1.807, 2.05) is 32.9 Å². The van der Waals surface area contributed by atoms with Crippen LogP contribution in [0.3, 0.4) is 0 Å². The molecule has 26 heavy (non-hydrogen) atoms. The second-order valence-corrected chi connectivity index (χ2v) is 7.94. The summed E-state index contributed by atoms with van der Waals surface area (Å²) in [5, 5.41) is 2.92. The van der Waals surface area contributed by atoms with E-state index < -0.39 is 5.41 Å². The van der Waals surface area contributed by atoms with Crippen LogP contribution in [0, 0.1) is 19.3 Å². The average Bonchev–Trinajstić information content (AvgIpc) is 2.82. The third kappa shape index (κ3) is 3.53. The van der Waals surface area contributed by atoms with Crippen LogP contribution in [0.25, 0.3) is 0 Å². The van der Waals surface area contributed by atoms with Gasteiger partial charge in [-0.05, 0) is 50.3 Å². The number of likely N-dealkylation sites (tertiary alicyclic amines) is 1. The SMILES string of the molecule is Cc1ccc(C(C)NC(=O)CN2C(=O)CC3(CCCCC3)C2=O)cc1C. The minimum Gasteiger partial charge on any atom is -0.348 e. The van der Waals surface area contributed by atoms with Crippen molar-refractivity contribution in [3.8, 4) is 0 Å². The Morgan fingerprint density at radius 1 is 1.15 bits per heavy atom. The predicted octanol–water partition coefficient (Wildman–Crippen LogP) is 3.19. The molecule has 1 aromatic carbocycles. The van der Waals surface area contributed by atoms with Crippen molar-refractivity contribution in [2.24, 2.45) is 5.41 Å². The largest absolute Gasteiger partial charge is 0.348 e. The number of rotatable bonds is 4. The third-order valence-electron chi connectivity index (χ3n) is 6.01. The zero-order valence-corrected chi connectivity index (χ0v) is 15.9. The van der Waals surface area contributed by atoms with Crippen LogP contribution in [0.4, 0.5) is 0 Å². The Hall–Kier alpha value is -2.17. The van der Waals surface area contributed by atoms with E-state index in [2.05, 4.69) is 11.4 Å². The summed E-state index contributed by atoms with van der Waals surface area (Å²) in [6.07, 6.45) is 4.91. The molecule has 0 radical (unpaired) electrons. The molecule has 1 atom stereocenters. The lowest BCUT2D eigenvalue weighted by atomic mass is 9.73. The lowest BCUT2D eigenvalue weighted by molar-refractivity contribution is -0.145. The monoisotopic (exact) mass is 356 g/mol. The summed E-state index contributed by atoms with van der Waals surface area (Å²) in [7, 11) is 0.